The number of rotatable bonds is 1. The molecule has 0 aliphatic carbocycles. The molecule has 4 nitrogen and oxygen atoms in total. The van der Waals surface area contributed by atoms with Crippen molar-refractivity contribution in [3.63, 3.8) is 0 Å². The predicted octanol–water partition coefficient (Wildman–Crippen LogP) is 1.94. The highest BCUT2D eigenvalue weighted by Crippen LogP contribution is 2.19. The van der Waals surface area contributed by atoms with Gasteiger partial charge < -0.3 is 10.6 Å². The molecule has 1 saturated heterocycles. The molecule has 1 aliphatic rings. The Morgan fingerprint density at radius 2 is 2.00 bits per heavy atom. The number of pyridine rings is 1. The zero-order valence-corrected chi connectivity index (χ0v) is 9.70. The number of aromatic nitrogens is 1. The third-order valence-corrected chi connectivity index (χ3v) is 3.02. The van der Waals surface area contributed by atoms with E-state index in [4.69, 9.17) is 17.3 Å². The van der Waals surface area contributed by atoms with E-state index in [2.05, 4.69) is 4.98 Å². The van der Waals surface area contributed by atoms with Gasteiger partial charge in [0.05, 0.1) is 5.02 Å². The van der Waals surface area contributed by atoms with Crippen LogP contribution in [0.1, 0.15) is 29.8 Å². The Kier molecular flexibility index (Phi) is 3.29. The summed E-state index contributed by atoms with van der Waals surface area (Å²) in [6.45, 7) is 1.57. The Bertz CT molecular complexity index is 402. The normalized spacial score (nSPS) is 16.2. The highest BCUT2D eigenvalue weighted by Gasteiger charge is 2.21. The zero-order valence-electron chi connectivity index (χ0n) is 8.95. The summed E-state index contributed by atoms with van der Waals surface area (Å²) < 4.78 is 0. The van der Waals surface area contributed by atoms with Crippen molar-refractivity contribution in [2.24, 2.45) is 0 Å². The average Bonchev–Trinajstić information content (AvgIpc) is 2.32. The third-order valence-electron chi connectivity index (χ3n) is 2.71. The minimum Gasteiger partial charge on any atom is -0.384 e. The molecule has 86 valence electrons. The van der Waals surface area contributed by atoms with Crippen LogP contribution in [0.4, 0.5) is 5.82 Å². The van der Waals surface area contributed by atoms with Gasteiger partial charge in [-0.05, 0) is 31.4 Å². The molecule has 0 saturated carbocycles. The first kappa shape index (κ1) is 11.2. The van der Waals surface area contributed by atoms with Crippen LogP contribution in [0, 0.1) is 0 Å². The highest BCUT2D eigenvalue weighted by molar-refractivity contribution is 6.33. The molecule has 0 radical (unpaired) electrons. The summed E-state index contributed by atoms with van der Waals surface area (Å²) in [6, 6.07) is 3.20. The van der Waals surface area contributed by atoms with Crippen LogP contribution in [0.5, 0.6) is 0 Å². The molecular formula is C11H14ClN3O. The average molecular weight is 240 g/mol. The number of hydrogen-bond donors (Lipinski definition) is 1. The molecule has 0 unspecified atom stereocenters. The molecule has 0 spiro atoms. The van der Waals surface area contributed by atoms with E-state index in [-0.39, 0.29) is 11.6 Å². The summed E-state index contributed by atoms with van der Waals surface area (Å²) in [5, 5.41) is 0.366. The second-order valence-electron chi connectivity index (χ2n) is 3.92. The van der Waals surface area contributed by atoms with Gasteiger partial charge in [-0.2, -0.15) is 0 Å². The largest absolute Gasteiger partial charge is 0.384 e. The summed E-state index contributed by atoms with van der Waals surface area (Å²) >= 11 is 5.94. The lowest BCUT2D eigenvalue weighted by atomic mass is 10.1. The molecule has 1 fully saturated rings. The molecule has 1 aliphatic heterocycles. The van der Waals surface area contributed by atoms with Crippen LogP contribution in [0.15, 0.2) is 12.1 Å². The number of likely N-dealkylation sites (tertiary alicyclic amines) is 1. The van der Waals surface area contributed by atoms with Gasteiger partial charge in [0.1, 0.15) is 11.5 Å². The van der Waals surface area contributed by atoms with Gasteiger partial charge in [-0.1, -0.05) is 11.6 Å². The number of hydrogen-bond acceptors (Lipinski definition) is 3. The molecule has 0 atom stereocenters. The molecular weight excluding hydrogens is 226 g/mol. The second-order valence-corrected chi connectivity index (χ2v) is 4.33. The Labute approximate surface area is 99.4 Å². The van der Waals surface area contributed by atoms with Crippen molar-refractivity contribution in [3.8, 4) is 0 Å². The lowest BCUT2D eigenvalue weighted by Crippen LogP contribution is -2.36. The van der Waals surface area contributed by atoms with Gasteiger partial charge in [-0.3, -0.25) is 4.79 Å². The van der Waals surface area contributed by atoms with E-state index in [0.717, 1.165) is 25.9 Å². The van der Waals surface area contributed by atoms with Gasteiger partial charge in [0, 0.05) is 13.1 Å². The number of carbonyl (C=O) groups excluding carboxylic acids is 1. The maximum absolute atomic E-state index is 12.1. The van der Waals surface area contributed by atoms with Crippen LogP contribution in [-0.2, 0) is 0 Å². The minimum absolute atomic E-state index is 0.114. The number of piperidine rings is 1. The van der Waals surface area contributed by atoms with Crippen LogP contribution >= 0.6 is 11.6 Å². The van der Waals surface area contributed by atoms with Crippen LogP contribution in [-0.4, -0.2) is 28.9 Å². The summed E-state index contributed by atoms with van der Waals surface area (Å²) in [7, 11) is 0. The smallest absolute Gasteiger partial charge is 0.274 e. The molecule has 1 amide bonds. The summed E-state index contributed by atoms with van der Waals surface area (Å²) in [6.07, 6.45) is 3.28. The van der Waals surface area contributed by atoms with Crippen LogP contribution in [0.3, 0.4) is 0 Å². The molecule has 0 aromatic carbocycles. The van der Waals surface area contributed by atoms with Crippen molar-refractivity contribution >= 4 is 23.3 Å². The molecule has 2 N–H and O–H groups in total. The van der Waals surface area contributed by atoms with Crippen molar-refractivity contribution in [2.45, 2.75) is 19.3 Å². The van der Waals surface area contributed by atoms with Crippen molar-refractivity contribution in [1.82, 2.24) is 9.88 Å². The number of amides is 1. The van der Waals surface area contributed by atoms with Gasteiger partial charge in [0.25, 0.3) is 5.91 Å². The fourth-order valence-electron chi connectivity index (χ4n) is 1.85. The Balaban J connectivity index is 2.22. The van der Waals surface area contributed by atoms with Crippen molar-refractivity contribution in [2.75, 3.05) is 18.8 Å². The molecule has 5 heteroatoms. The molecule has 0 bridgehead atoms. The summed E-state index contributed by atoms with van der Waals surface area (Å²) in [4.78, 5) is 17.9. The van der Waals surface area contributed by atoms with E-state index in [1.54, 1.807) is 17.0 Å². The van der Waals surface area contributed by atoms with Crippen LogP contribution < -0.4 is 5.73 Å². The van der Waals surface area contributed by atoms with E-state index in [1.807, 2.05) is 0 Å². The molecule has 1 aromatic heterocycles. The Morgan fingerprint density at radius 1 is 1.31 bits per heavy atom. The van der Waals surface area contributed by atoms with Gasteiger partial charge >= 0.3 is 0 Å². The van der Waals surface area contributed by atoms with Gasteiger partial charge in [0.2, 0.25) is 0 Å². The highest BCUT2D eigenvalue weighted by atomic mass is 35.5. The monoisotopic (exact) mass is 239 g/mol. The predicted molar refractivity (Wildman–Crippen MR) is 63.4 cm³/mol. The first-order valence-corrected chi connectivity index (χ1v) is 5.77. The SMILES string of the molecule is Nc1ccc(Cl)c(C(=O)N2CCCCC2)n1. The summed E-state index contributed by atoms with van der Waals surface area (Å²) in [5.41, 5.74) is 5.82. The maximum Gasteiger partial charge on any atom is 0.274 e. The quantitative estimate of drug-likeness (QED) is 0.815. The molecule has 1 aromatic rings. The second kappa shape index (κ2) is 4.70. The van der Waals surface area contributed by atoms with Gasteiger partial charge in [-0.15, -0.1) is 0 Å². The molecule has 16 heavy (non-hydrogen) atoms. The zero-order chi connectivity index (χ0) is 11.5. The molecule has 2 heterocycles. The van der Waals surface area contributed by atoms with Crippen LogP contribution in [0.2, 0.25) is 5.02 Å². The topological polar surface area (TPSA) is 59.2 Å². The van der Waals surface area contributed by atoms with Gasteiger partial charge in [-0.25, -0.2) is 4.98 Å². The third kappa shape index (κ3) is 2.27. The van der Waals surface area contributed by atoms with E-state index in [9.17, 15) is 4.79 Å². The van der Waals surface area contributed by atoms with E-state index >= 15 is 0 Å². The molecule has 2 rings (SSSR count). The van der Waals surface area contributed by atoms with Crippen molar-refractivity contribution < 1.29 is 4.79 Å². The first-order chi connectivity index (χ1) is 7.68. The number of nitrogens with two attached hydrogens (primary N) is 1. The number of nitrogen functional groups attached to an aromatic ring is 1. The fraction of sp³-hybridized carbons (Fsp3) is 0.455. The van der Waals surface area contributed by atoms with Crippen molar-refractivity contribution in [1.29, 1.82) is 0 Å². The first-order valence-electron chi connectivity index (χ1n) is 5.40. The number of anilines is 1. The van der Waals surface area contributed by atoms with E-state index in [0.29, 0.717) is 10.8 Å². The Hall–Kier alpha value is -1.29. The lowest BCUT2D eigenvalue weighted by molar-refractivity contribution is 0.0719. The minimum atomic E-state index is -0.114. The summed E-state index contributed by atoms with van der Waals surface area (Å²) in [5.74, 6) is 0.210. The Morgan fingerprint density at radius 3 is 2.69 bits per heavy atom. The number of carbonyl (C=O) groups is 1. The van der Waals surface area contributed by atoms with E-state index < -0.39 is 0 Å². The maximum atomic E-state index is 12.1. The van der Waals surface area contributed by atoms with Crippen molar-refractivity contribution in [3.05, 3.63) is 22.8 Å². The number of nitrogens with zero attached hydrogens (tertiary/aromatic N) is 2. The number of halogens is 1. The fourth-order valence-corrected chi connectivity index (χ4v) is 2.04. The standard InChI is InChI=1S/C11H14ClN3O/c12-8-4-5-9(13)14-10(8)11(16)15-6-2-1-3-7-15/h4-5H,1-3,6-7H2,(H2,13,14). The van der Waals surface area contributed by atoms with Crippen LogP contribution in [0.25, 0.3) is 0 Å². The van der Waals surface area contributed by atoms with Gasteiger partial charge in [0.15, 0.2) is 0 Å². The van der Waals surface area contributed by atoms with E-state index in [1.165, 1.54) is 6.42 Å². The lowest BCUT2D eigenvalue weighted by Gasteiger charge is -2.26.